The van der Waals surface area contributed by atoms with Crippen LogP contribution >= 0.6 is 0 Å². The van der Waals surface area contributed by atoms with Crippen LogP contribution in [0, 0.1) is 17.2 Å². The van der Waals surface area contributed by atoms with Crippen molar-refractivity contribution in [3.63, 3.8) is 0 Å². The predicted molar refractivity (Wildman–Crippen MR) is 88.1 cm³/mol. The molecule has 0 radical (unpaired) electrons. The maximum atomic E-state index is 14.3. The zero-order valence-electron chi connectivity index (χ0n) is 13.8. The number of nitrogens with zero attached hydrogens (tertiary/aromatic N) is 1. The van der Waals surface area contributed by atoms with Gasteiger partial charge in [0.25, 0.3) is 0 Å². The number of hydrogen-bond acceptors (Lipinski definition) is 2. The van der Waals surface area contributed by atoms with Crippen molar-refractivity contribution in [1.82, 2.24) is 0 Å². The summed E-state index contributed by atoms with van der Waals surface area (Å²) in [6.07, 6.45) is 3.00. The Labute approximate surface area is 128 Å². The van der Waals surface area contributed by atoms with Crippen molar-refractivity contribution < 1.29 is 4.39 Å². The summed E-state index contributed by atoms with van der Waals surface area (Å²) in [6.45, 7) is 10.8. The van der Waals surface area contributed by atoms with Crippen molar-refractivity contribution in [3.8, 4) is 0 Å². The molecule has 1 aromatic carbocycles. The SMILES string of the molecule is CC(N)Cc1cccc(F)c1N1CCC(C(C)(C)C)CC1. The predicted octanol–water partition coefficient (Wildman–Crippen LogP) is 3.98. The fraction of sp³-hybridized carbons (Fsp3) is 0.667. The Balaban J connectivity index is 2.16. The van der Waals surface area contributed by atoms with E-state index in [2.05, 4.69) is 25.7 Å². The van der Waals surface area contributed by atoms with E-state index in [0.29, 0.717) is 5.41 Å². The second kappa shape index (κ2) is 6.35. The summed E-state index contributed by atoms with van der Waals surface area (Å²) in [4.78, 5) is 2.22. The van der Waals surface area contributed by atoms with Gasteiger partial charge in [-0.1, -0.05) is 32.9 Å². The normalized spacial score (nSPS) is 18.9. The van der Waals surface area contributed by atoms with Crippen LogP contribution in [0.1, 0.15) is 46.1 Å². The standard InChI is InChI=1S/C18H29FN2/c1-13(20)12-14-6-5-7-16(19)17(14)21-10-8-15(9-11-21)18(2,3)4/h5-7,13,15H,8-12,20H2,1-4H3. The van der Waals surface area contributed by atoms with Crippen molar-refractivity contribution in [1.29, 1.82) is 0 Å². The molecule has 2 N–H and O–H groups in total. The molecule has 0 spiro atoms. The third kappa shape index (κ3) is 3.97. The van der Waals surface area contributed by atoms with Gasteiger partial charge in [-0.2, -0.15) is 0 Å². The van der Waals surface area contributed by atoms with Gasteiger partial charge in [0.05, 0.1) is 5.69 Å². The minimum absolute atomic E-state index is 0.0534. The van der Waals surface area contributed by atoms with E-state index in [1.165, 1.54) is 0 Å². The van der Waals surface area contributed by atoms with Crippen LogP contribution < -0.4 is 10.6 Å². The molecular formula is C18H29FN2. The fourth-order valence-corrected chi connectivity index (χ4v) is 3.39. The van der Waals surface area contributed by atoms with Gasteiger partial charge >= 0.3 is 0 Å². The molecule has 1 atom stereocenters. The largest absolute Gasteiger partial charge is 0.369 e. The Bertz CT molecular complexity index is 469. The van der Waals surface area contributed by atoms with E-state index in [4.69, 9.17) is 5.73 Å². The van der Waals surface area contributed by atoms with Crippen LogP contribution in [-0.4, -0.2) is 19.1 Å². The van der Waals surface area contributed by atoms with Crippen LogP contribution in [-0.2, 0) is 6.42 Å². The average Bonchev–Trinajstić information content (AvgIpc) is 2.37. The number of piperidine rings is 1. The van der Waals surface area contributed by atoms with E-state index in [-0.39, 0.29) is 11.9 Å². The lowest BCUT2D eigenvalue weighted by Gasteiger charge is -2.40. The average molecular weight is 292 g/mol. The van der Waals surface area contributed by atoms with E-state index < -0.39 is 0 Å². The molecule has 3 heteroatoms. The van der Waals surface area contributed by atoms with Crippen LogP contribution in [0.25, 0.3) is 0 Å². The summed E-state index contributed by atoms with van der Waals surface area (Å²) in [5.74, 6) is 0.611. The van der Waals surface area contributed by atoms with Crippen molar-refractivity contribution in [3.05, 3.63) is 29.6 Å². The molecule has 1 fully saturated rings. The number of rotatable bonds is 3. The molecule has 1 aromatic rings. The number of hydrogen-bond donors (Lipinski definition) is 1. The molecule has 0 aliphatic carbocycles. The monoisotopic (exact) mass is 292 g/mol. The van der Waals surface area contributed by atoms with Crippen molar-refractivity contribution in [2.24, 2.45) is 17.1 Å². The molecule has 21 heavy (non-hydrogen) atoms. The molecule has 2 rings (SSSR count). The lowest BCUT2D eigenvalue weighted by Crippen LogP contribution is -2.39. The lowest BCUT2D eigenvalue weighted by molar-refractivity contribution is 0.198. The molecule has 0 saturated carbocycles. The lowest BCUT2D eigenvalue weighted by atomic mass is 9.75. The van der Waals surface area contributed by atoms with Crippen molar-refractivity contribution in [2.45, 2.75) is 53.0 Å². The van der Waals surface area contributed by atoms with Crippen LogP contribution in [0.15, 0.2) is 18.2 Å². The van der Waals surface area contributed by atoms with Crippen LogP contribution in [0.4, 0.5) is 10.1 Å². The number of para-hydroxylation sites is 1. The van der Waals surface area contributed by atoms with Crippen LogP contribution in [0.5, 0.6) is 0 Å². The van der Waals surface area contributed by atoms with Gasteiger partial charge in [0, 0.05) is 19.1 Å². The zero-order valence-corrected chi connectivity index (χ0v) is 13.8. The number of benzene rings is 1. The highest BCUT2D eigenvalue weighted by atomic mass is 19.1. The van der Waals surface area contributed by atoms with E-state index >= 15 is 0 Å². The highest BCUT2D eigenvalue weighted by Crippen LogP contribution is 2.37. The first kappa shape index (κ1) is 16.3. The summed E-state index contributed by atoms with van der Waals surface area (Å²) in [7, 11) is 0. The second-order valence-corrected chi connectivity index (χ2v) is 7.56. The van der Waals surface area contributed by atoms with Crippen LogP contribution in [0.2, 0.25) is 0 Å². The Morgan fingerprint density at radius 1 is 1.29 bits per heavy atom. The zero-order chi connectivity index (χ0) is 15.6. The molecule has 118 valence electrons. The highest BCUT2D eigenvalue weighted by molar-refractivity contribution is 5.55. The Morgan fingerprint density at radius 3 is 2.43 bits per heavy atom. The van der Waals surface area contributed by atoms with Crippen molar-refractivity contribution >= 4 is 5.69 Å². The highest BCUT2D eigenvalue weighted by Gasteiger charge is 2.30. The van der Waals surface area contributed by atoms with Gasteiger partial charge in [-0.15, -0.1) is 0 Å². The van der Waals surface area contributed by atoms with E-state index in [9.17, 15) is 4.39 Å². The van der Waals surface area contributed by atoms with E-state index in [1.54, 1.807) is 12.1 Å². The Kier molecular flexibility index (Phi) is 4.92. The molecule has 1 heterocycles. The van der Waals surface area contributed by atoms with E-state index in [0.717, 1.165) is 49.5 Å². The summed E-state index contributed by atoms with van der Waals surface area (Å²) in [5.41, 5.74) is 8.08. The minimum Gasteiger partial charge on any atom is -0.369 e. The Hall–Kier alpha value is -1.09. The first-order chi connectivity index (χ1) is 9.79. The summed E-state index contributed by atoms with van der Waals surface area (Å²) in [5, 5.41) is 0. The molecule has 1 aliphatic rings. The molecule has 2 nitrogen and oxygen atoms in total. The van der Waals surface area contributed by atoms with Gasteiger partial charge in [-0.3, -0.25) is 0 Å². The van der Waals surface area contributed by atoms with Crippen molar-refractivity contribution in [2.75, 3.05) is 18.0 Å². The second-order valence-electron chi connectivity index (χ2n) is 7.56. The summed E-state index contributed by atoms with van der Waals surface area (Å²) in [6, 6.07) is 5.42. The summed E-state index contributed by atoms with van der Waals surface area (Å²) >= 11 is 0. The first-order valence-electron chi connectivity index (χ1n) is 8.07. The van der Waals surface area contributed by atoms with Gasteiger partial charge in [-0.25, -0.2) is 4.39 Å². The smallest absolute Gasteiger partial charge is 0.146 e. The molecule has 1 saturated heterocycles. The number of halogens is 1. The molecular weight excluding hydrogens is 263 g/mol. The molecule has 0 bridgehead atoms. The van der Waals surface area contributed by atoms with Gasteiger partial charge in [0.2, 0.25) is 0 Å². The van der Waals surface area contributed by atoms with E-state index in [1.807, 2.05) is 13.0 Å². The maximum Gasteiger partial charge on any atom is 0.146 e. The number of nitrogens with two attached hydrogens (primary N) is 1. The minimum atomic E-state index is -0.109. The quantitative estimate of drug-likeness (QED) is 0.913. The van der Waals surface area contributed by atoms with Gasteiger partial charge < -0.3 is 10.6 Å². The fourth-order valence-electron chi connectivity index (χ4n) is 3.39. The van der Waals surface area contributed by atoms with Gasteiger partial charge in [0.1, 0.15) is 5.82 Å². The maximum absolute atomic E-state index is 14.3. The Morgan fingerprint density at radius 2 is 1.90 bits per heavy atom. The van der Waals surface area contributed by atoms with Crippen LogP contribution in [0.3, 0.4) is 0 Å². The van der Waals surface area contributed by atoms with Gasteiger partial charge in [0.15, 0.2) is 0 Å². The molecule has 1 unspecified atom stereocenters. The summed E-state index contributed by atoms with van der Waals surface area (Å²) < 4.78 is 14.3. The van der Waals surface area contributed by atoms with Gasteiger partial charge in [-0.05, 0) is 49.1 Å². The molecule has 1 aliphatic heterocycles. The third-order valence-corrected chi connectivity index (χ3v) is 4.65. The third-order valence-electron chi connectivity index (χ3n) is 4.65. The molecule has 0 amide bonds. The molecule has 0 aromatic heterocycles. The first-order valence-corrected chi connectivity index (χ1v) is 8.07. The topological polar surface area (TPSA) is 29.3 Å². The number of anilines is 1.